The summed E-state index contributed by atoms with van der Waals surface area (Å²) in [7, 11) is 0. The molecule has 2 N–H and O–H groups in total. The number of amides is 1. The molecule has 0 saturated heterocycles. The van der Waals surface area contributed by atoms with Gasteiger partial charge >= 0.3 is 0 Å². The molecule has 4 heteroatoms. The first-order chi connectivity index (χ1) is 9.95. The molecule has 0 fully saturated rings. The maximum atomic E-state index is 12.0. The maximum absolute atomic E-state index is 12.0. The SMILES string of the molecule is Cc1ccc(NC(=O)CNc2ccc(Cl)cc2C)cc1C. The van der Waals surface area contributed by atoms with Crippen molar-refractivity contribution in [2.24, 2.45) is 0 Å². The molecule has 0 aliphatic carbocycles. The highest BCUT2D eigenvalue weighted by molar-refractivity contribution is 6.30. The maximum Gasteiger partial charge on any atom is 0.243 e. The quantitative estimate of drug-likeness (QED) is 0.883. The van der Waals surface area contributed by atoms with E-state index < -0.39 is 0 Å². The van der Waals surface area contributed by atoms with E-state index in [1.165, 1.54) is 5.56 Å². The lowest BCUT2D eigenvalue weighted by molar-refractivity contribution is -0.114. The summed E-state index contributed by atoms with van der Waals surface area (Å²) < 4.78 is 0. The Balaban J connectivity index is 1.94. The Bertz CT molecular complexity index is 668. The van der Waals surface area contributed by atoms with E-state index in [1.54, 1.807) is 6.07 Å². The first-order valence-electron chi connectivity index (χ1n) is 6.83. The fraction of sp³-hybridized carbons (Fsp3) is 0.235. The van der Waals surface area contributed by atoms with Gasteiger partial charge in [0.15, 0.2) is 0 Å². The molecule has 0 unspecified atom stereocenters. The summed E-state index contributed by atoms with van der Waals surface area (Å²) in [6.07, 6.45) is 0. The number of anilines is 2. The molecular weight excluding hydrogens is 284 g/mol. The summed E-state index contributed by atoms with van der Waals surface area (Å²) in [5, 5.41) is 6.69. The second-order valence-electron chi connectivity index (χ2n) is 5.16. The summed E-state index contributed by atoms with van der Waals surface area (Å²) in [6, 6.07) is 11.4. The van der Waals surface area contributed by atoms with E-state index >= 15 is 0 Å². The lowest BCUT2D eigenvalue weighted by Crippen LogP contribution is -2.22. The first-order valence-corrected chi connectivity index (χ1v) is 7.20. The Hall–Kier alpha value is -2.00. The van der Waals surface area contributed by atoms with Crippen LogP contribution in [-0.2, 0) is 4.79 Å². The molecule has 0 atom stereocenters. The zero-order chi connectivity index (χ0) is 15.4. The average Bonchev–Trinajstić information content (AvgIpc) is 2.42. The molecule has 0 aliphatic heterocycles. The molecule has 2 aromatic rings. The number of hydrogen-bond acceptors (Lipinski definition) is 2. The fourth-order valence-corrected chi connectivity index (χ4v) is 2.25. The van der Waals surface area contributed by atoms with Gasteiger partial charge in [0.05, 0.1) is 6.54 Å². The lowest BCUT2D eigenvalue weighted by atomic mass is 10.1. The van der Waals surface area contributed by atoms with Crippen LogP contribution in [-0.4, -0.2) is 12.5 Å². The molecule has 0 saturated carbocycles. The van der Waals surface area contributed by atoms with Gasteiger partial charge in [-0.1, -0.05) is 17.7 Å². The highest BCUT2D eigenvalue weighted by Crippen LogP contribution is 2.19. The monoisotopic (exact) mass is 302 g/mol. The number of carbonyl (C=O) groups is 1. The summed E-state index contributed by atoms with van der Waals surface area (Å²) in [5.41, 5.74) is 5.12. The highest BCUT2D eigenvalue weighted by Gasteiger charge is 2.05. The zero-order valence-electron chi connectivity index (χ0n) is 12.5. The molecule has 0 radical (unpaired) electrons. The number of benzene rings is 2. The van der Waals surface area contributed by atoms with Crippen molar-refractivity contribution in [2.75, 3.05) is 17.2 Å². The van der Waals surface area contributed by atoms with Gasteiger partial charge in [-0.05, 0) is 67.8 Å². The Labute approximate surface area is 130 Å². The number of halogens is 1. The Morgan fingerprint density at radius 3 is 2.43 bits per heavy atom. The van der Waals surface area contributed by atoms with Crippen molar-refractivity contribution in [1.29, 1.82) is 0 Å². The largest absolute Gasteiger partial charge is 0.376 e. The third-order valence-electron chi connectivity index (χ3n) is 3.42. The zero-order valence-corrected chi connectivity index (χ0v) is 13.2. The van der Waals surface area contributed by atoms with Gasteiger partial charge in [-0.15, -0.1) is 0 Å². The molecule has 0 heterocycles. The van der Waals surface area contributed by atoms with Gasteiger partial charge in [-0.2, -0.15) is 0 Å². The van der Waals surface area contributed by atoms with Crippen LogP contribution >= 0.6 is 11.6 Å². The van der Waals surface area contributed by atoms with Crippen LogP contribution in [0.1, 0.15) is 16.7 Å². The van der Waals surface area contributed by atoms with Crippen molar-refractivity contribution in [3.05, 3.63) is 58.1 Å². The number of carbonyl (C=O) groups excluding carboxylic acids is 1. The van der Waals surface area contributed by atoms with Gasteiger partial charge in [0.2, 0.25) is 5.91 Å². The van der Waals surface area contributed by atoms with Crippen LogP contribution in [0.3, 0.4) is 0 Å². The van der Waals surface area contributed by atoms with E-state index in [-0.39, 0.29) is 12.5 Å². The smallest absolute Gasteiger partial charge is 0.243 e. The van der Waals surface area contributed by atoms with E-state index in [4.69, 9.17) is 11.6 Å². The fourth-order valence-electron chi connectivity index (χ4n) is 2.03. The van der Waals surface area contributed by atoms with Crippen LogP contribution in [0.5, 0.6) is 0 Å². The van der Waals surface area contributed by atoms with Crippen LogP contribution in [0.15, 0.2) is 36.4 Å². The number of nitrogens with one attached hydrogen (secondary N) is 2. The van der Waals surface area contributed by atoms with E-state index in [0.29, 0.717) is 5.02 Å². The second kappa shape index (κ2) is 6.64. The van der Waals surface area contributed by atoms with Crippen molar-refractivity contribution in [3.63, 3.8) is 0 Å². The minimum atomic E-state index is -0.0763. The molecule has 1 amide bonds. The van der Waals surface area contributed by atoms with Gasteiger partial charge < -0.3 is 10.6 Å². The first kappa shape index (κ1) is 15.4. The van der Waals surface area contributed by atoms with Crippen LogP contribution in [0.2, 0.25) is 5.02 Å². The van der Waals surface area contributed by atoms with E-state index in [9.17, 15) is 4.79 Å². The van der Waals surface area contributed by atoms with Crippen LogP contribution < -0.4 is 10.6 Å². The van der Waals surface area contributed by atoms with Crippen molar-refractivity contribution < 1.29 is 4.79 Å². The van der Waals surface area contributed by atoms with Crippen molar-refractivity contribution in [3.8, 4) is 0 Å². The Kier molecular flexibility index (Phi) is 4.86. The van der Waals surface area contributed by atoms with Gasteiger partial charge in [0, 0.05) is 16.4 Å². The molecule has 21 heavy (non-hydrogen) atoms. The number of rotatable bonds is 4. The Morgan fingerprint density at radius 1 is 1.00 bits per heavy atom. The molecular formula is C17H19ClN2O. The minimum absolute atomic E-state index is 0.0763. The van der Waals surface area contributed by atoms with Crippen molar-refractivity contribution in [2.45, 2.75) is 20.8 Å². The average molecular weight is 303 g/mol. The third-order valence-corrected chi connectivity index (χ3v) is 3.65. The molecule has 0 spiro atoms. The minimum Gasteiger partial charge on any atom is -0.376 e. The van der Waals surface area contributed by atoms with Crippen LogP contribution in [0.4, 0.5) is 11.4 Å². The van der Waals surface area contributed by atoms with E-state index in [0.717, 1.165) is 22.5 Å². The van der Waals surface area contributed by atoms with Gasteiger partial charge in [-0.3, -0.25) is 4.79 Å². The summed E-state index contributed by atoms with van der Waals surface area (Å²) in [6.45, 7) is 6.25. The van der Waals surface area contributed by atoms with Gasteiger partial charge in [0.25, 0.3) is 0 Å². The standard InChI is InChI=1S/C17H19ClN2O/c1-11-4-6-15(9-12(11)2)20-17(21)10-19-16-7-5-14(18)8-13(16)3/h4-9,19H,10H2,1-3H3,(H,20,21). The van der Waals surface area contributed by atoms with Crippen molar-refractivity contribution in [1.82, 2.24) is 0 Å². The normalized spacial score (nSPS) is 10.3. The molecule has 3 nitrogen and oxygen atoms in total. The topological polar surface area (TPSA) is 41.1 Å². The van der Waals surface area contributed by atoms with Crippen LogP contribution in [0, 0.1) is 20.8 Å². The van der Waals surface area contributed by atoms with E-state index in [1.807, 2.05) is 51.1 Å². The lowest BCUT2D eigenvalue weighted by Gasteiger charge is -2.11. The third kappa shape index (κ3) is 4.23. The second-order valence-corrected chi connectivity index (χ2v) is 5.60. The molecule has 110 valence electrons. The number of aryl methyl sites for hydroxylation is 3. The molecule has 0 aliphatic rings. The number of hydrogen-bond donors (Lipinski definition) is 2. The summed E-state index contributed by atoms with van der Waals surface area (Å²) in [4.78, 5) is 12.0. The summed E-state index contributed by atoms with van der Waals surface area (Å²) >= 11 is 5.91. The summed E-state index contributed by atoms with van der Waals surface area (Å²) in [5.74, 6) is -0.0763. The predicted octanol–water partition coefficient (Wildman–Crippen LogP) is 4.32. The van der Waals surface area contributed by atoms with E-state index in [2.05, 4.69) is 10.6 Å². The van der Waals surface area contributed by atoms with Gasteiger partial charge in [-0.25, -0.2) is 0 Å². The van der Waals surface area contributed by atoms with Gasteiger partial charge in [0.1, 0.15) is 0 Å². The molecule has 0 bridgehead atoms. The Morgan fingerprint density at radius 2 is 1.76 bits per heavy atom. The predicted molar refractivity (Wildman–Crippen MR) is 89.2 cm³/mol. The molecule has 2 aromatic carbocycles. The molecule has 0 aromatic heterocycles. The van der Waals surface area contributed by atoms with Crippen molar-refractivity contribution >= 4 is 28.9 Å². The van der Waals surface area contributed by atoms with Crippen LogP contribution in [0.25, 0.3) is 0 Å². The highest BCUT2D eigenvalue weighted by atomic mass is 35.5. The molecule has 2 rings (SSSR count).